The van der Waals surface area contributed by atoms with E-state index in [-0.39, 0.29) is 0 Å². The van der Waals surface area contributed by atoms with E-state index in [1.165, 1.54) is 4.68 Å². The SMILES string of the molecule is CC(C)(C)OC(=O)n1cc(OCC2CCNCC2)cn1. The first-order valence-corrected chi connectivity index (χ1v) is 7.05. The van der Waals surface area contributed by atoms with Crippen LogP contribution in [0.3, 0.4) is 0 Å². The largest absolute Gasteiger partial charge is 0.490 e. The van der Waals surface area contributed by atoms with E-state index < -0.39 is 11.7 Å². The van der Waals surface area contributed by atoms with Gasteiger partial charge in [-0.1, -0.05) is 0 Å². The minimum absolute atomic E-state index is 0.491. The van der Waals surface area contributed by atoms with Crippen molar-refractivity contribution < 1.29 is 14.3 Å². The lowest BCUT2D eigenvalue weighted by Crippen LogP contribution is -2.30. The van der Waals surface area contributed by atoms with Gasteiger partial charge in [0.1, 0.15) is 5.60 Å². The maximum Gasteiger partial charge on any atom is 0.435 e. The van der Waals surface area contributed by atoms with Crippen molar-refractivity contribution >= 4 is 6.09 Å². The number of piperidine rings is 1. The molecule has 0 bridgehead atoms. The van der Waals surface area contributed by atoms with E-state index in [1.807, 2.05) is 20.8 Å². The van der Waals surface area contributed by atoms with Gasteiger partial charge in [-0.05, 0) is 52.6 Å². The summed E-state index contributed by atoms with van der Waals surface area (Å²) in [6.45, 7) is 8.23. The number of rotatable bonds is 3. The molecular weight excluding hydrogens is 258 g/mol. The molecule has 0 atom stereocenters. The zero-order chi connectivity index (χ0) is 14.6. The van der Waals surface area contributed by atoms with E-state index in [2.05, 4.69) is 10.4 Å². The van der Waals surface area contributed by atoms with Crippen molar-refractivity contribution in [2.24, 2.45) is 5.92 Å². The molecule has 0 aliphatic carbocycles. The molecule has 0 radical (unpaired) electrons. The van der Waals surface area contributed by atoms with Gasteiger partial charge in [0.2, 0.25) is 0 Å². The van der Waals surface area contributed by atoms with Gasteiger partial charge in [-0.25, -0.2) is 4.79 Å². The van der Waals surface area contributed by atoms with Crippen molar-refractivity contribution in [2.75, 3.05) is 19.7 Å². The van der Waals surface area contributed by atoms with Crippen LogP contribution >= 0.6 is 0 Å². The Balaban J connectivity index is 1.83. The van der Waals surface area contributed by atoms with Crippen LogP contribution in [0.4, 0.5) is 4.79 Å². The van der Waals surface area contributed by atoms with Crippen molar-refractivity contribution in [1.29, 1.82) is 0 Å². The standard InChI is InChI=1S/C14H23N3O3/c1-14(2,3)20-13(18)17-9-12(8-16-17)19-10-11-4-6-15-7-5-11/h8-9,11,15H,4-7,10H2,1-3H3. The maximum absolute atomic E-state index is 11.8. The predicted octanol–water partition coefficient (Wildman–Crippen LogP) is 2.04. The highest BCUT2D eigenvalue weighted by Crippen LogP contribution is 2.16. The zero-order valence-corrected chi connectivity index (χ0v) is 12.4. The molecule has 6 nitrogen and oxygen atoms in total. The highest BCUT2D eigenvalue weighted by atomic mass is 16.6. The number of carbonyl (C=O) groups excluding carboxylic acids is 1. The molecule has 0 unspecified atom stereocenters. The second-order valence-corrected chi connectivity index (χ2v) is 6.11. The summed E-state index contributed by atoms with van der Waals surface area (Å²) >= 11 is 0. The van der Waals surface area contributed by atoms with E-state index >= 15 is 0 Å². The van der Waals surface area contributed by atoms with Crippen molar-refractivity contribution in [3.8, 4) is 5.75 Å². The van der Waals surface area contributed by atoms with Gasteiger partial charge >= 0.3 is 6.09 Å². The van der Waals surface area contributed by atoms with Crippen LogP contribution in [0.15, 0.2) is 12.4 Å². The Kier molecular flexibility index (Phi) is 4.65. The van der Waals surface area contributed by atoms with Gasteiger partial charge in [-0.2, -0.15) is 9.78 Å². The average Bonchev–Trinajstić information content (AvgIpc) is 2.84. The van der Waals surface area contributed by atoms with E-state index in [4.69, 9.17) is 9.47 Å². The molecular formula is C14H23N3O3. The van der Waals surface area contributed by atoms with Crippen molar-refractivity contribution in [3.05, 3.63) is 12.4 Å². The minimum atomic E-state index is -0.529. The van der Waals surface area contributed by atoms with Crippen LogP contribution < -0.4 is 10.1 Å². The third kappa shape index (κ3) is 4.52. The van der Waals surface area contributed by atoms with Crippen LogP contribution in [-0.2, 0) is 4.74 Å². The first-order valence-electron chi connectivity index (χ1n) is 7.05. The molecule has 1 aromatic heterocycles. The Labute approximate surface area is 119 Å². The predicted molar refractivity (Wildman–Crippen MR) is 74.9 cm³/mol. The van der Waals surface area contributed by atoms with Crippen LogP contribution in [-0.4, -0.2) is 41.2 Å². The number of nitrogens with zero attached hydrogens (tertiary/aromatic N) is 2. The number of aromatic nitrogens is 2. The smallest absolute Gasteiger partial charge is 0.435 e. The lowest BCUT2D eigenvalue weighted by Gasteiger charge is -2.22. The van der Waals surface area contributed by atoms with Gasteiger partial charge in [0, 0.05) is 0 Å². The summed E-state index contributed by atoms with van der Waals surface area (Å²) in [4.78, 5) is 11.8. The Morgan fingerprint density at radius 3 is 2.80 bits per heavy atom. The van der Waals surface area contributed by atoms with Gasteiger partial charge < -0.3 is 14.8 Å². The Bertz CT molecular complexity index is 445. The lowest BCUT2D eigenvalue weighted by atomic mass is 9.99. The fourth-order valence-electron chi connectivity index (χ4n) is 2.05. The molecule has 1 saturated heterocycles. The fraction of sp³-hybridized carbons (Fsp3) is 0.714. The molecule has 6 heteroatoms. The van der Waals surface area contributed by atoms with Crippen LogP contribution in [0.1, 0.15) is 33.6 Å². The summed E-state index contributed by atoms with van der Waals surface area (Å²) in [5, 5.41) is 7.29. The van der Waals surface area contributed by atoms with Gasteiger partial charge in [0.15, 0.2) is 5.75 Å². The average molecular weight is 281 g/mol. The van der Waals surface area contributed by atoms with Gasteiger partial charge in [0.05, 0.1) is 19.0 Å². The van der Waals surface area contributed by atoms with Crippen molar-refractivity contribution in [2.45, 2.75) is 39.2 Å². The van der Waals surface area contributed by atoms with Crippen molar-refractivity contribution in [1.82, 2.24) is 15.1 Å². The molecule has 0 amide bonds. The zero-order valence-electron chi connectivity index (χ0n) is 12.4. The third-order valence-electron chi connectivity index (χ3n) is 3.08. The van der Waals surface area contributed by atoms with Crippen LogP contribution in [0.5, 0.6) is 5.75 Å². The summed E-state index contributed by atoms with van der Waals surface area (Å²) < 4.78 is 12.1. The molecule has 1 aliphatic rings. The topological polar surface area (TPSA) is 65.4 Å². The van der Waals surface area contributed by atoms with Crippen LogP contribution in [0.2, 0.25) is 0 Å². The molecule has 2 heterocycles. The Hall–Kier alpha value is -1.56. The fourth-order valence-corrected chi connectivity index (χ4v) is 2.05. The third-order valence-corrected chi connectivity index (χ3v) is 3.08. The monoisotopic (exact) mass is 281 g/mol. The van der Waals surface area contributed by atoms with Gasteiger partial charge in [-0.15, -0.1) is 0 Å². The first kappa shape index (κ1) is 14.8. The molecule has 112 valence electrons. The maximum atomic E-state index is 11.8. The Morgan fingerprint density at radius 2 is 2.15 bits per heavy atom. The molecule has 0 saturated carbocycles. The van der Waals surface area contributed by atoms with E-state index in [0.717, 1.165) is 25.9 Å². The minimum Gasteiger partial charge on any atom is -0.490 e. The quantitative estimate of drug-likeness (QED) is 0.918. The van der Waals surface area contributed by atoms with Crippen molar-refractivity contribution in [3.63, 3.8) is 0 Å². The summed E-state index contributed by atoms with van der Waals surface area (Å²) in [5.41, 5.74) is -0.529. The number of carbonyl (C=O) groups is 1. The number of hydrogen-bond acceptors (Lipinski definition) is 5. The molecule has 1 fully saturated rings. The second kappa shape index (κ2) is 6.26. The molecule has 1 N–H and O–H groups in total. The summed E-state index contributed by atoms with van der Waals surface area (Å²) in [6.07, 6.45) is 4.87. The Morgan fingerprint density at radius 1 is 1.45 bits per heavy atom. The molecule has 0 spiro atoms. The first-order chi connectivity index (χ1) is 9.44. The molecule has 0 aromatic carbocycles. The normalized spacial score (nSPS) is 16.9. The number of hydrogen-bond donors (Lipinski definition) is 1. The summed E-state index contributed by atoms with van der Waals surface area (Å²) in [7, 11) is 0. The van der Waals surface area contributed by atoms with Gasteiger partial charge in [-0.3, -0.25) is 0 Å². The number of ether oxygens (including phenoxy) is 2. The number of nitrogens with one attached hydrogen (secondary N) is 1. The second-order valence-electron chi connectivity index (χ2n) is 6.11. The molecule has 2 rings (SSSR count). The van der Waals surface area contributed by atoms with E-state index in [9.17, 15) is 4.79 Å². The van der Waals surface area contributed by atoms with E-state index in [1.54, 1.807) is 12.4 Å². The molecule has 1 aliphatic heterocycles. The highest BCUT2D eigenvalue weighted by molar-refractivity contribution is 5.70. The molecule has 1 aromatic rings. The van der Waals surface area contributed by atoms with Crippen LogP contribution in [0, 0.1) is 5.92 Å². The summed E-state index contributed by atoms with van der Waals surface area (Å²) in [6, 6.07) is 0. The summed E-state index contributed by atoms with van der Waals surface area (Å²) in [5.74, 6) is 1.18. The van der Waals surface area contributed by atoms with Gasteiger partial charge in [0.25, 0.3) is 0 Å². The highest BCUT2D eigenvalue weighted by Gasteiger charge is 2.19. The van der Waals surface area contributed by atoms with E-state index in [0.29, 0.717) is 18.3 Å². The lowest BCUT2D eigenvalue weighted by molar-refractivity contribution is 0.0514. The molecule has 20 heavy (non-hydrogen) atoms. The van der Waals surface area contributed by atoms with Crippen LogP contribution in [0.25, 0.3) is 0 Å².